The maximum absolute atomic E-state index is 13.6. The van der Waals surface area contributed by atoms with Crippen molar-refractivity contribution in [1.82, 2.24) is 14.9 Å². The number of H-pyrrole nitrogens is 1. The Balaban J connectivity index is 1.71. The number of urea groups is 1. The molecular weight excluding hydrogens is 283 g/mol. The molecule has 5 nitrogen and oxygen atoms in total. The third-order valence-corrected chi connectivity index (χ3v) is 3.47. The molecule has 3 rings (SSSR count). The number of halogens is 2. The molecule has 0 aliphatic carbocycles. The number of benzene rings is 1. The second kappa shape index (κ2) is 5.13. The lowest BCUT2D eigenvalue weighted by Crippen LogP contribution is -2.39. The van der Waals surface area contributed by atoms with Gasteiger partial charge in [0.15, 0.2) is 0 Å². The van der Waals surface area contributed by atoms with E-state index in [4.69, 9.17) is 11.6 Å². The molecule has 0 radical (unpaired) electrons. The number of amides is 2. The van der Waals surface area contributed by atoms with Crippen LogP contribution in [0.2, 0.25) is 5.02 Å². The summed E-state index contributed by atoms with van der Waals surface area (Å²) in [6, 6.07) is 3.80. The van der Waals surface area contributed by atoms with E-state index < -0.39 is 5.82 Å². The normalized spacial score (nSPS) is 14.0. The number of fused-ring (bicyclic) bond motifs is 1. The van der Waals surface area contributed by atoms with Gasteiger partial charge >= 0.3 is 6.03 Å². The predicted octanol–water partition coefficient (Wildman–Crippen LogP) is 2.79. The van der Waals surface area contributed by atoms with E-state index >= 15 is 0 Å². The van der Waals surface area contributed by atoms with Gasteiger partial charge in [0, 0.05) is 18.0 Å². The summed E-state index contributed by atoms with van der Waals surface area (Å²) in [5, 5.41) is 2.84. The number of imidazole rings is 1. The summed E-state index contributed by atoms with van der Waals surface area (Å²) in [6.07, 6.45) is 2.31. The van der Waals surface area contributed by atoms with Gasteiger partial charge in [-0.3, -0.25) is 0 Å². The van der Waals surface area contributed by atoms with E-state index in [-0.39, 0.29) is 11.7 Å². The quantitative estimate of drug-likeness (QED) is 0.849. The Bertz CT molecular complexity index is 658. The molecule has 0 unspecified atom stereocenters. The monoisotopic (exact) mass is 294 g/mol. The van der Waals surface area contributed by atoms with Crippen molar-refractivity contribution in [2.45, 2.75) is 13.0 Å². The molecule has 0 bridgehead atoms. The van der Waals surface area contributed by atoms with Gasteiger partial charge in [-0.25, -0.2) is 14.2 Å². The van der Waals surface area contributed by atoms with Crippen LogP contribution in [-0.2, 0) is 13.0 Å². The minimum absolute atomic E-state index is 0.120. The van der Waals surface area contributed by atoms with E-state index in [0.717, 1.165) is 11.4 Å². The molecule has 0 atom stereocenters. The van der Waals surface area contributed by atoms with E-state index in [9.17, 15) is 9.18 Å². The number of aromatic amines is 1. The van der Waals surface area contributed by atoms with Gasteiger partial charge in [-0.15, -0.1) is 0 Å². The molecule has 0 saturated carbocycles. The van der Waals surface area contributed by atoms with Gasteiger partial charge in [-0.05, 0) is 18.2 Å². The molecular formula is C13H12ClFN4O. The summed E-state index contributed by atoms with van der Waals surface area (Å²) >= 11 is 5.67. The van der Waals surface area contributed by atoms with Gasteiger partial charge in [0.2, 0.25) is 0 Å². The second-order valence-electron chi connectivity index (χ2n) is 4.55. The summed E-state index contributed by atoms with van der Waals surface area (Å²) in [6.45, 7) is 0.995. The summed E-state index contributed by atoms with van der Waals surface area (Å²) in [5.74, 6) is -0.551. The molecule has 20 heavy (non-hydrogen) atoms. The minimum Gasteiger partial charge on any atom is -0.347 e. The van der Waals surface area contributed by atoms with Gasteiger partial charge in [-0.1, -0.05) is 11.6 Å². The van der Waals surface area contributed by atoms with Crippen molar-refractivity contribution < 1.29 is 9.18 Å². The third kappa shape index (κ3) is 2.46. The number of anilines is 1. The van der Waals surface area contributed by atoms with Crippen molar-refractivity contribution in [2.24, 2.45) is 0 Å². The Hall–Kier alpha value is -2.08. The van der Waals surface area contributed by atoms with Crippen molar-refractivity contribution in [3.8, 4) is 0 Å². The van der Waals surface area contributed by atoms with Crippen molar-refractivity contribution in [3.05, 3.63) is 46.8 Å². The van der Waals surface area contributed by atoms with Gasteiger partial charge < -0.3 is 15.2 Å². The highest BCUT2D eigenvalue weighted by atomic mass is 35.5. The van der Waals surface area contributed by atoms with Crippen LogP contribution >= 0.6 is 11.6 Å². The number of carbonyl (C=O) groups is 1. The lowest BCUT2D eigenvalue weighted by Gasteiger charge is -2.26. The summed E-state index contributed by atoms with van der Waals surface area (Å²) < 4.78 is 13.6. The van der Waals surface area contributed by atoms with Crippen LogP contribution in [0.15, 0.2) is 24.5 Å². The van der Waals surface area contributed by atoms with Gasteiger partial charge in [0.1, 0.15) is 5.82 Å². The first-order chi connectivity index (χ1) is 9.63. The minimum atomic E-state index is -0.551. The number of nitrogens with zero attached hydrogens (tertiary/aromatic N) is 2. The van der Waals surface area contributed by atoms with E-state index in [1.807, 2.05) is 0 Å². The first-order valence-electron chi connectivity index (χ1n) is 6.15. The number of nitrogens with one attached hydrogen (secondary N) is 2. The number of hydrogen-bond donors (Lipinski definition) is 2. The first kappa shape index (κ1) is 12.9. The number of carbonyl (C=O) groups excluding carboxylic acids is 1. The molecule has 0 saturated heterocycles. The predicted molar refractivity (Wildman–Crippen MR) is 73.1 cm³/mol. The van der Waals surface area contributed by atoms with Crippen LogP contribution in [0.3, 0.4) is 0 Å². The molecule has 1 aromatic carbocycles. The number of hydrogen-bond acceptors (Lipinski definition) is 2. The van der Waals surface area contributed by atoms with E-state index in [0.29, 0.717) is 24.5 Å². The molecule has 2 N–H and O–H groups in total. The van der Waals surface area contributed by atoms with Crippen LogP contribution in [0.4, 0.5) is 14.9 Å². The Morgan fingerprint density at radius 2 is 2.35 bits per heavy atom. The summed E-state index contributed by atoms with van der Waals surface area (Å²) in [7, 11) is 0. The maximum Gasteiger partial charge on any atom is 0.322 e. The largest absolute Gasteiger partial charge is 0.347 e. The Kier molecular flexibility index (Phi) is 3.31. The zero-order valence-corrected chi connectivity index (χ0v) is 11.2. The smallest absolute Gasteiger partial charge is 0.322 e. The highest BCUT2D eigenvalue weighted by molar-refractivity contribution is 6.30. The molecule has 7 heteroatoms. The molecule has 1 aliphatic heterocycles. The fourth-order valence-corrected chi connectivity index (χ4v) is 2.33. The van der Waals surface area contributed by atoms with Crippen LogP contribution in [-0.4, -0.2) is 27.4 Å². The average Bonchev–Trinajstić information content (AvgIpc) is 2.89. The Morgan fingerprint density at radius 1 is 1.50 bits per heavy atom. The molecule has 1 aliphatic rings. The topological polar surface area (TPSA) is 61.0 Å². The van der Waals surface area contributed by atoms with Crippen LogP contribution < -0.4 is 5.32 Å². The molecule has 2 heterocycles. The fourth-order valence-electron chi connectivity index (χ4n) is 2.17. The summed E-state index contributed by atoms with van der Waals surface area (Å²) in [4.78, 5) is 20.9. The number of aromatic nitrogens is 2. The standard InChI is InChI=1S/C13H12ClFN4O/c14-8-1-2-10(9(15)5-8)18-13(20)19-4-3-11-12(6-19)17-7-16-11/h1-2,5,7H,3-4,6H2,(H,16,17)(H,18,20). The Labute approximate surface area is 119 Å². The molecule has 0 spiro atoms. The summed E-state index contributed by atoms with van der Waals surface area (Å²) in [5.41, 5.74) is 2.02. The van der Waals surface area contributed by atoms with Crippen molar-refractivity contribution >= 4 is 23.3 Å². The molecule has 2 amide bonds. The van der Waals surface area contributed by atoms with Crippen molar-refractivity contribution in [3.63, 3.8) is 0 Å². The lowest BCUT2D eigenvalue weighted by atomic mass is 10.1. The van der Waals surface area contributed by atoms with Crippen molar-refractivity contribution in [2.75, 3.05) is 11.9 Å². The highest BCUT2D eigenvalue weighted by Gasteiger charge is 2.22. The first-order valence-corrected chi connectivity index (χ1v) is 6.53. The molecule has 2 aromatic rings. The van der Waals surface area contributed by atoms with Crippen LogP contribution in [0.25, 0.3) is 0 Å². The fraction of sp³-hybridized carbons (Fsp3) is 0.231. The zero-order valence-electron chi connectivity index (χ0n) is 10.5. The van der Waals surface area contributed by atoms with Crippen LogP contribution in [0.5, 0.6) is 0 Å². The van der Waals surface area contributed by atoms with Crippen LogP contribution in [0.1, 0.15) is 11.4 Å². The van der Waals surface area contributed by atoms with Crippen molar-refractivity contribution in [1.29, 1.82) is 0 Å². The van der Waals surface area contributed by atoms with Gasteiger partial charge in [-0.2, -0.15) is 0 Å². The maximum atomic E-state index is 13.6. The Morgan fingerprint density at radius 3 is 3.15 bits per heavy atom. The molecule has 104 valence electrons. The van der Waals surface area contributed by atoms with E-state index in [1.54, 1.807) is 11.2 Å². The molecule has 0 fully saturated rings. The average molecular weight is 295 g/mol. The molecule has 1 aromatic heterocycles. The van der Waals surface area contributed by atoms with Crippen LogP contribution in [0, 0.1) is 5.82 Å². The van der Waals surface area contributed by atoms with Gasteiger partial charge in [0.05, 0.1) is 29.9 Å². The number of rotatable bonds is 1. The van der Waals surface area contributed by atoms with Gasteiger partial charge in [0.25, 0.3) is 0 Å². The third-order valence-electron chi connectivity index (χ3n) is 3.23. The SMILES string of the molecule is O=C(Nc1ccc(Cl)cc1F)N1CCc2nc[nH]c2C1. The zero-order chi connectivity index (χ0) is 14.1. The highest BCUT2D eigenvalue weighted by Crippen LogP contribution is 2.20. The second-order valence-corrected chi connectivity index (χ2v) is 4.99. The van der Waals surface area contributed by atoms with E-state index in [1.165, 1.54) is 18.2 Å². The lowest BCUT2D eigenvalue weighted by molar-refractivity contribution is 0.205. The van der Waals surface area contributed by atoms with E-state index in [2.05, 4.69) is 15.3 Å².